The van der Waals surface area contributed by atoms with Crippen molar-refractivity contribution >= 4 is 21.4 Å². The van der Waals surface area contributed by atoms with Crippen LogP contribution in [0.4, 0.5) is 11.4 Å². The van der Waals surface area contributed by atoms with Gasteiger partial charge in [0.15, 0.2) is 0 Å². The molecule has 102 valence electrons. The van der Waals surface area contributed by atoms with Crippen LogP contribution in [-0.4, -0.2) is 26.2 Å². The van der Waals surface area contributed by atoms with Crippen molar-refractivity contribution in [2.75, 3.05) is 17.7 Å². The molecule has 6 nitrogen and oxygen atoms in total. The summed E-state index contributed by atoms with van der Waals surface area (Å²) in [5.74, 6) is 0. The van der Waals surface area contributed by atoms with Crippen LogP contribution in [0, 0.1) is 6.92 Å². The van der Waals surface area contributed by atoms with Crippen LogP contribution in [0.5, 0.6) is 0 Å². The molecule has 6 N–H and O–H groups in total. The summed E-state index contributed by atoms with van der Waals surface area (Å²) in [5, 5.41) is 17.3. The average Bonchev–Trinajstić information content (AvgIpc) is 2.28. The molecule has 7 heteroatoms. The van der Waals surface area contributed by atoms with Crippen molar-refractivity contribution in [2.24, 2.45) is 5.14 Å². The summed E-state index contributed by atoms with van der Waals surface area (Å²) in [5.41, 5.74) is 7.03. The van der Waals surface area contributed by atoms with Crippen molar-refractivity contribution in [3.63, 3.8) is 0 Å². The molecule has 0 spiro atoms. The lowest BCUT2D eigenvalue weighted by atomic mass is 10.1. The van der Waals surface area contributed by atoms with Crippen molar-refractivity contribution < 1.29 is 13.5 Å². The van der Waals surface area contributed by atoms with Gasteiger partial charge in [-0.2, -0.15) is 0 Å². The third-order valence-corrected chi connectivity index (χ3v) is 3.80. The molecule has 0 bridgehead atoms. The van der Waals surface area contributed by atoms with E-state index < -0.39 is 10.0 Å². The number of sulfonamides is 1. The third kappa shape index (κ3) is 3.34. The highest BCUT2D eigenvalue weighted by molar-refractivity contribution is 7.89. The molecule has 0 radical (unpaired) electrons. The summed E-state index contributed by atoms with van der Waals surface area (Å²) in [6.07, 6.45) is 0.704. The van der Waals surface area contributed by atoms with Gasteiger partial charge in [-0.3, -0.25) is 0 Å². The Kier molecular flexibility index (Phi) is 4.55. The molecular weight excluding hydrogens is 254 g/mol. The second kappa shape index (κ2) is 5.55. The molecule has 0 saturated carbocycles. The zero-order chi connectivity index (χ0) is 13.9. The first-order valence-corrected chi connectivity index (χ1v) is 7.14. The maximum absolute atomic E-state index is 11.4. The highest BCUT2D eigenvalue weighted by atomic mass is 32.2. The Morgan fingerprint density at radius 2 is 2.06 bits per heavy atom. The van der Waals surface area contributed by atoms with E-state index in [1.807, 2.05) is 6.92 Å². The number of aliphatic hydroxyl groups is 1. The van der Waals surface area contributed by atoms with Gasteiger partial charge >= 0.3 is 0 Å². The van der Waals surface area contributed by atoms with E-state index >= 15 is 0 Å². The lowest BCUT2D eigenvalue weighted by Crippen LogP contribution is -2.24. The minimum absolute atomic E-state index is 0.00204. The van der Waals surface area contributed by atoms with E-state index in [0.717, 1.165) is 0 Å². The highest BCUT2D eigenvalue weighted by Gasteiger charge is 2.16. The smallest absolute Gasteiger partial charge is 0.238 e. The normalized spacial score (nSPS) is 13.3. The van der Waals surface area contributed by atoms with E-state index in [9.17, 15) is 8.42 Å². The summed E-state index contributed by atoms with van der Waals surface area (Å²) in [7, 11) is -3.81. The molecule has 0 saturated heterocycles. The van der Waals surface area contributed by atoms with E-state index in [0.29, 0.717) is 23.4 Å². The van der Waals surface area contributed by atoms with Crippen molar-refractivity contribution in [1.29, 1.82) is 0 Å². The molecule has 1 rings (SSSR count). The largest absolute Gasteiger partial charge is 0.399 e. The van der Waals surface area contributed by atoms with Crippen LogP contribution in [0.1, 0.15) is 18.9 Å². The first kappa shape index (κ1) is 14.7. The highest BCUT2D eigenvalue weighted by Crippen LogP contribution is 2.26. The molecule has 1 aromatic carbocycles. The number of hydrogen-bond donors (Lipinski definition) is 4. The first-order chi connectivity index (χ1) is 8.29. The Morgan fingerprint density at radius 1 is 1.44 bits per heavy atom. The Labute approximate surface area is 107 Å². The molecular formula is C11H19N3O3S. The van der Waals surface area contributed by atoms with Crippen LogP contribution in [0.3, 0.4) is 0 Å². The van der Waals surface area contributed by atoms with E-state index in [2.05, 4.69) is 5.32 Å². The van der Waals surface area contributed by atoms with Crippen LogP contribution < -0.4 is 16.2 Å². The molecule has 0 aliphatic rings. The summed E-state index contributed by atoms with van der Waals surface area (Å²) in [4.78, 5) is -0.00204. The van der Waals surface area contributed by atoms with Gasteiger partial charge in [0, 0.05) is 17.4 Å². The summed E-state index contributed by atoms with van der Waals surface area (Å²) in [6, 6.07) is 2.80. The fraction of sp³-hybridized carbons (Fsp3) is 0.455. The first-order valence-electron chi connectivity index (χ1n) is 5.60. The zero-order valence-electron chi connectivity index (χ0n) is 10.5. The van der Waals surface area contributed by atoms with Gasteiger partial charge in [-0.05, 0) is 31.0 Å². The number of nitrogens with two attached hydrogens (primary N) is 2. The minimum atomic E-state index is -3.81. The number of rotatable bonds is 5. The number of nitrogen functional groups attached to an aromatic ring is 1. The zero-order valence-corrected chi connectivity index (χ0v) is 11.3. The van der Waals surface area contributed by atoms with E-state index in [1.54, 1.807) is 13.0 Å². The van der Waals surface area contributed by atoms with Crippen molar-refractivity contribution in [2.45, 2.75) is 31.2 Å². The maximum atomic E-state index is 11.4. The number of benzene rings is 1. The summed E-state index contributed by atoms with van der Waals surface area (Å²) in [6.45, 7) is 3.51. The topological polar surface area (TPSA) is 118 Å². The van der Waals surface area contributed by atoms with Gasteiger partial charge in [0.05, 0.1) is 11.5 Å². The van der Waals surface area contributed by atoms with Gasteiger partial charge in [-0.15, -0.1) is 0 Å². The van der Waals surface area contributed by atoms with Crippen molar-refractivity contribution in [3.8, 4) is 0 Å². The van der Waals surface area contributed by atoms with Crippen LogP contribution in [0.15, 0.2) is 17.0 Å². The van der Waals surface area contributed by atoms with Gasteiger partial charge in [0.2, 0.25) is 10.0 Å². The van der Waals surface area contributed by atoms with Crippen LogP contribution in [0.25, 0.3) is 0 Å². The SMILES string of the molecule is CCC(CO)Nc1cc(N)cc(S(N)(=O)=O)c1C. The van der Waals surface area contributed by atoms with Crippen molar-refractivity contribution in [1.82, 2.24) is 0 Å². The molecule has 0 amide bonds. The molecule has 0 aromatic heterocycles. The van der Waals surface area contributed by atoms with Gasteiger partial charge in [-0.1, -0.05) is 6.92 Å². The van der Waals surface area contributed by atoms with Gasteiger partial charge < -0.3 is 16.2 Å². The lowest BCUT2D eigenvalue weighted by Gasteiger charge is -2.19. The fourth-order valence-corrected chi connectivity index (χ4v) is 2.49. The maximum Gasteiger partial charge on any atom is 0.238 e. The molecule has 1 aromatic rings. The Bertz CT molecular complexity index is 525. The molecule has 1 atom stereocenters. The van der Waals surface area contributed by atoms with E-state index in [1.165, 1.54) is 6.07 Å². The standard InChI is InChI=1S/C11H19N3O3S/c1-3-9(6-15)14-10-4-8(12)5-11(7(10)2)18(13,16)17/h4-5,9,14-15H,3,6,12H2,1-2H3,(H2,13,16,17). The Morgan fingerprint density at radius 3 is 2.50 bits per heavy atom. The van der Waals surface area contributed by atoms with Gasteiger partial charge in [0.1, 0.15) is 0 Å². The Hall–Kier alpha value is -1.31. The van der Waals surface area contributed by atoms with Crippen LogP contribution in [0.2, 0.25) is 0 Å². The number of primary sulfonamides is 1. The second-order valence-corrected chi connectivity index (χ2v) is 5.70. The predicted octanol–water partition coefficient (Wildman–Crippen LogP) is 0.407. The van der Waals surface area contributed by atoms with E-state index in [-0.39, 0.29) is 17.5 Å². The molecule has 18 heavy (non-hydrogen) atoms. The summed E-state index contributed by atoms with van der Waals surface area (Å²) < 4.78 is 22.9. The molecule has 0 aliphatic carbocycles. The number of anilines is 2. The molecule has 1 unspecified atom stereocenters. The average molecular weight is 273 g/mol. The minimum Gasteiger partial charge on any atom is -0.399 e. The van der Waals surface area contributed by atoms with Gasteiger partial charge in [0.25, 0.3) is 0 Å². The van der Waals surface area contributed by atoms with E-state index in [4.69, 9.17) is 16.0 Å². The molecule has 0 fully saturated rings. The van der Waals surface area contributed by atoms with Gasteiger partial charge in [-0.25, -0.2) is 13.6 Å². The second-order valence-electron chi connectivity index (χ2n) is 4.17. The van der Waals surface area contributed by atoms with Crippen molar-refractivity contribution in [3.05, 3.63) is 17.7 Å². The quantitative estimate of drug-likeness (QED) is 0.579. The monoisotopic (exact) mass is 273 g/mol. The lowest BCUT2D eigenvalue weighted by molar-refractivity contribution is 0.272. The summed E-state index contributed by atoms with van der Waals surface area (Å²) >= 11 is 0. The number of hydrogen-bond acceptors (Lipinski definition) is 5. The molecule has 0 heterocycles. The predicted molar refractivity (Wildman–Crippen MR) is 71.8 cm³/mol. The number of aliphatic hydroxyl groups excluding tert-OH is 1. The third-order valence-electron chi connectivity index (χ3n) is 2.76. The number of nitrogens with one attached hydrogen (secondary N) is 1. The molecule has 0 aliphatic heterocycles. The van der Waals surface area contributed by atoms with Crippen LogP contribution in [-0.2, 0) is 10.0 Å². The fourth-order valence-electron chi connectivity index (χ4n) is 1.65. The van der Waals surface area contributed by atoms with Crippen LogP contribution >= 0.6 is 0 Å². The Balaban J connectivity index is 3.26.